The van der Waals surface area contributed by atoms with E-state index in [-0.39, 0.29) is 30.0 Å². The Morgan fingerprint density at radius 1 is 1.44 bits per heavy atom. The van der Waals surface area contributed by atoms with E-state index < -0.39 is 17.2 Å². The number of thioether (sulfide) groups is 1. The van der Waals surface area contributed by atoms with Crippen LogP contribution < -0.4 is 5.73 Å². The highest BCUT2D eigenvalue weighted by atomic mass is 32.2. The minimum atomic E-state index is -0.916. The van der Waals surface area contributed by atoms with E-state index in [4.69, 9.17) is 15.2 Å². The maximum absolute atomic E-state index is 14.6. The molecule has 0 unspecified atom stereocenters. The van der Waals surface area contributed by atoms with Crippen molar-refractivity contribution in [1.29, 1.82) is 0 Å². The van der Waals surface area contributed by atoms with Gasteiger partial charge >= 0.3 is 0 Å². The lowest BCUT2D eigenvalue weighted by molar-refractivity contribution is -0.102. The van der Waals surface area contributed by atoms with Crippen molar-refractivity contribution in [3.63, 3.8) is 0 Å². The Bertz CT molecular complexity index is 670. The van der Waals surface area contributed by atoms with Crippen LogP contribution in [0.1, 0.15) is 32.8 Å². The second-order valence-corrected chi connectivity index (χ2v) is 8.38. The molecular weight excluding hydrogens is 346 g/mol. The largest absolute Gasteiger partial charge is 0.379 e. The van der Waals surface area contributed by atoms with Gasteiger partial charge in [0.25, 0.3) is 0 Å². The number of nitrogens with zero attached hydrogens (tertiary/aromatic N) is 1. The summed E-state index contributed by atoms with van der Waals surface area (Å²) in [5.74, 6) is -1.19. The third kappa shape index (κ3) is 3.68. The summed E-state index contributed by atoms with van der Waals surface area (Å²) in [5.41, 5.74) is 5.43. The van der Waals surface area contributed by atoms with E-state index in [1.807, 2.05) is 13.8 Å². The number of hydrogen-bond donors (Lipinski definition) is 1. The average Bonchev–Trinajstić information content (AvgIpc) is 2.52. The van der Waals surface area contributed by atoms with Crippen molar-refractivity contribution in [3.8, 4) is 0 Å². The molecule has 0 bridgehead atoms. The first kappa shape index (κ1) is 18.6. The molecule has 3 rings (SSSR count). The second kappa shape index (κ2) is 7.21. The number of halogens is 2. The third-order valence-corrected chi connectivity index (χ3v) is 5.90. The predicted molar refractivity (Wildman–Crippen MR) is 95.6 cm³/mol. The lowest BCUT2D eigenvalue weighted by Gasteiger charge is -2.48. The zero-order chi connectivity index (χ0) is 18.2. The lowest BCUT2D eigenvalue weighted by atomic mass is 9.72. The van der Waals surface area contributed by atoms with Gasteiger partial charge in [-0.25, -0.2) is 13.8 Å². The number of ether oxygens (including phenoxy) is 2. The van der Waals surface area contributed by atoms with Gasteiger partial charge < -0.3 is 15.2 Å². The molecule has 2 aliphatic heterocycles. The summed E-state index contributed by atoms with van der Waals surface area (Å²) in [6, 6.07) is 3.62. The minimum Gasteiger partial charge on any atom is -0.379 e. The Morgan fingerprint density at radius 3 is 2.88 bits per heavy atom. The molecule has 138 valence electrons. The summed E-state index contributed by atoms with van der Waals surface area (Å²) in [5, 5.41) is 0.556. The van der Waals surface area contributed by atoms with Crippen molar-refractivity contribution < 1.29 is 18.3 Å². The first-order valence-corrected chi connectivity index (χ1v) is 9.40. The fourth-order valence-electron chi connectivity index (χ4n) is 3.68. The number of amidine groups is 1. The maximum atomic E-state index is 14.6. The normalized spacial score (nSPS) is 32.4. The highest BCUT2D eigenvalue weighted by molar-refractivity contribution is 8.14. The van der Waals surface area contributed by atoms with Crippen LogP contribution in [0.15, 0.2) is 23.2 Å². The monoisotopic (exact) mass is 370 g/mol. The molecule has 1 aromatic rings. The SMILES string of the molecule is CC(C)OC[C@H]1C[C@H]2[C@@H](C)SC(N)=N[C@@]2(c2ccc(F)cc2F)CO1. The molecule has 1 aromatic carbocycles. The molecule has 1 saturated heterocycles. The van der Waals surface area contributed by atoms with Crippen LogP contribution in [0.5, 0.6) is 0 Å². The van der Waals surface area contributed by atoms with E-state index in [1.54, 1.807) is 0 Å². The van der Waals surface area contributed by atoms with Gasteiger partial charge in [0.2, 0.25) is 0 Å². The quantitative estimate of drug-likeness (QED) is 0.882. The molecule has 2 aliphatic rings. The number of aliphatic imine (C=N–C) groups is 1. The van der Waals surface area contributed by atoms with Gasteiger partial charge in [-0.2, -0.15) is 0 Å². The molecule has 2 N–H and O–H groups in total. The molecule has 2 heterocycles. The number of nitrogens with two attached hydrogens (primary N) is 1. The smallest absolute Gasteiger partial charge is 0.155 e. The molecule has 0 spiro atoms. The summed E-state index contributed by atoms with van der Waals surface area (Å²) in [6.07, 6.45) is 0.743. The molecule has 1 fully saturated rings. The van der Waals surface area contributed by atoms with Crippen LogP contribution in [-0.4, -0.2) is 35.8 Å². The number of hydrogen-bond acceptors (Lipinski definition) is 5. The highest BCUT2D eigenvalue weighted by Gasteiger charge is 2.52. The Balaban J connectivity index is 1.95. The first-order valence-electron chi connectivity index (χ1n) is 8.52. The van der Waals surface area contributed by atoms with Gasteiger partial charge in [0.1, 0.15) is 17.2 Å². The molecule has 25 heavy (non-hydrogen) atoms. The fourth-order valence-corrected chi connectivity index (χ4v) is 4.78. The molecule has 4 nitrogen and oxygen atoms in total. The van der Waals surface area contributed by atoms with Crippen molar-refractivity contribution in [2.45, 2.75) is 50.2 Å². The van der Waals surface area contributed by atoms with Gasteiger partial charge in [-0.1, -0.05) is 24.8 Å². The molecule has 0 amide bonds. The van der Waals surface area contributed by atoms with E-state index in [0.29, 0.717) is 23.8 Å². The average molecular weight is 370 g/mol. The van der Waals surface area contributed by atoms with Crippen LogP contribution in [0.4, 0.5) is 8.78 Å². The van der Waals surface area contributed by atoms with Crippen LogP contribution >= 0.6 is 11.8 Å². The lowest BCUT2D eigenvalue weighted by Crippen LogP contribution is -2.53. The van der Waals surface area contributed by atoms with Gasteiger partial charge in [-0.05, 0) is 26.3 Å². The van der Waals surface area contributed by atoms with Gasteiger partial charge in [0, 0.05) is 22.8 Å². The summed E-state index contributed by atoms with van der Waals surface area (Å²) >= 11 is 1.49. The van der Waals surface area contributed by atoms with Crippen LogP contribution in [-0.2, 0) is 15.0 Å². The minimum absolute atomic E-state index is 0.0271. The molecule has 0 aromatic heterocycles. The van der Waals surface area contributed by atoms with Crippen LogP contribution in [0.3, 0.4) is 0 Å². The molecular formula is C18H24F2N2O2S. The first-order chi connectivity index (χ1) is 11.8. The fraction of sp³-hybridized carbons (Fsp3) is 0.611. The summed E-state index contributed by atoms with van der Waals surface area (Å²) in [6.45, 7) is 6.72. The van der Waals surface area contributed by atoms with E-state index in [1.165, 1.54) is 23.9 Å². The molecule has 0 radical (unpaired) electrons. The van der Waals surface area contributed by atoms with Gasteiger partial charge in [0.15, 0.2) is 5.17 Å². The Hall–Kier alpha value is -1.18. The second-order valence-electron chi connectivity index (χ2n) is 6.98. The molecule has 7 heteroatoms. The zero-order valence-electron chi connectivity index (χ0n) is 14.7. The topological polar surface area (TPSA) is 56.8 Å². The van der Waals surface area contributed by atoms with Crippen molar-refractivity contribution >= 4 is 16.9 Å². The number of rotatable bonds is 4. The van der Waals surface area contributed by atoms with E-state index in [0.717, 1.165) is 6.07 Å². The Morgan fingerprint density at radius 2 is 2.20 bits per heavy atom. The van der Waals surface area contributed by atoms with Crippen molar-refractivity contribution in [3.05, 3.63) is 35.4 Å². The Kier molecular flexibility index (Phi) is 5.37. The molecule has 0 aliphatic carbocycles. The van der Waals surface area contributed by atoms with Crippen molar-refractivity contribution in [1.82, 2.24) is 0 Å². The van der Waals surface area contributed by atoms with Gasteiger partial charge in [-0.3, -0.25) is 0 Å². The third-order valence-electron chi connectivity index (χ3n) is 4.87. The molecule has 0 saturated carbocycles. The van der Waals surface area contributed by atoms with E-state index >= 15 is 0 Å². The summed E-state index contributed by atoms with van der Waals surface area (Å²) in [7, 11) is 0. The zero-order valence-corrected chi connectivity index (χ0v) is 15.5. The summed E-state index contributed by atoms with van der Waals surface area (Å²) < 4.78 is 39.6. The standard InChI is InChI=1S/C18H24F2N2O2S/c1-10(2)23-8-13-7-15-11(3)25-17(21)22-18(15,9-24-13)14-5-4-12(19)6-16(14)20/h4-6,10-11,13,15H,7-9H2,1-3H3,(H2,21,22)/t11-,13-,15+,18-/m1/s1. The van der Waals surface area contributed by atoms with Crippen LogP contribution in [0, 0.1) is 17.6 Å². The highest BCUT2D eigenvalue weighted by Crippen LogP contribution is 2.49. The predicted octanol–water partition coefficient (Wildman–Crippen LogP) is 3.44. The van der Waals surface area contributed by atoms with Crippen molar-refractivity contribution in [2.75, 3.05) is 13.2 Å². The van der Waals surface area contributed by atoms with E-state index in [2.05, 4.69) is 11.9 Å². The van der Waals surface area contributed by atoms with Gasteiger partial charge in [-0.15, -0.1) is 0 Å². The number of fused-ring (bicyclic) bond motifs is 1. The summed E-state index contributed by atoms with van der Waals surface area (Å²) in [4.78, 5) is 4.61. The van der Waals surface area contributed by atoms with Gasteiger partial charge in [0.05, 0.1) is 25.4 Å². The molecule has 4 atom stereocenters. The Labute approximate surface area is 151 Å². The maximum Gasteiger partial charge on any atom is 0.155 e. The van der Waals surface area contributed by atoms with E-state index in [9.17, 15) is 8.78 Å². The number of benzene rings is 1. The van der Waals surface area contributed by atoms with Crippen LogP contribution in [0.25, 0.3) is 0 Å². The van der Waals surface area contributed by atoms with Crippen LogP contribution in [0.2, 0.25) is 0 Å². The van der Waals surface area contributed by atoms with Crippen molar-refractivity contribution in [2.24, 2.45) is 16.6 Å².